The molecule has 100 valence electrons. The van der Waals surface area contributed by atoms with Gasteiger partial charge < -0.3 is 4.74 Å². The van der Waals surface area contributed by atoms with Gasteiger partial charge in [0.15, 0.2) is 11.9 Å². The van der Waals surface area contributed by atoms with Crippen molar-refractivity contribution >= 4 is 11.5 Å². The highest BCUT2D eigenvalue weighted by Crippen LogP contribution is 2.40. The molecule has 1 saturated heterocycles. The van der Waals surface area contributed by atoms with E-state index in [9.17, 15) is 14.9 Å². The van der Waals surface area contributed by atoms with Crippen LogP contribution in [0.15, 0.2) is 54.6 Å². The first kappa shape index (κ1) is 12.5. The number of rotatable bonds is 4. The quantitative estimate of drug-likeness (QED) is 0.370. The average Bonchev–Trinajstić information content (AvgIpc) is 3.28. The Labute approximate surface area is 115 Å². The van der Waals surface area contributed by atoms with Crippen LogP contribution < -0.4 is 0 Å². The number of ether oxygens (including phenoxy) is 1. The lowest BCUT2D eigenvalue weighted by Crippen LogP contribution is -2.08. The van der Waals surface area contributed by atoms with Crippen molar-refractivity contribution in [3.05, 3.63) is 75.8 Å². The van der Waals surface area contributed by atoms with Gasteiger partial charge in [0, 0.05) is 17.7 Å². The van der Waals surface area contributed by atoms with Crippen LogP contribution >= 0.6 is 0 Å². The predicted octanol–water partition coefficient (Wildman–Crippen LogP) is 2.92. The second-order valence-electron chi connectivity index (χ2n) is 4.56. The van der Waals surface area contributed by atoms with E-state index < -0.39 is 11.0 Å². The summed E-state index contributed by atoms with van der Waals surface area (Å²) in [5.74, 6) is -0.145. The zero-order valence-electron chi connectivity index (χ0n) is 10.4. The molecule has 2 aromatic rings. The summed E-state index contributed by atoms with van der Waals surface area (Å²) in [7, 11) is 0. The third kappa shape index (κ3) is 2.31. The van der Waals surface area contributed by atoms with Crippen molar-refractivity contribution in [3.8, 4) is 0 Å². The summed E-state index contributed by atoms with van der Waals surface area (Å²) in [6, 6.07) is 15.1. The number of carbonyl (C=O) groups excluding carboxylic acids is 1. The van der Waals surface area contributed by atoms with Crippen molar-refractivity contribution in [2.24, 2.45) is 0 Å². The van der Waals surface area contributed by atoms with E-state index in [-0.39, 0.29) is 17.6 Å². The highest BCUT2D eigenvalue weighted by molar-refractivity contribution is 6.01. The van der Waals surface area contributed by atoms with Crippen molar-refractivity contribution in [2.75, 3.05) is 0 Å². The monoisotopic (exact) mass is 269 g/mol. The Hall–Kier alpha value is -2.53. The van der Waals surface area contributed by atoms with Crippen LogP contribution in [0.25, 0.3) is 0 Å². The zero-order chi connectivity index (χ0) is 14.1. The number of nitro benzene ring substituents is 1. The van der Waals surface area contributed by atoms with E-state index in [1.165, 1.54) is 24.3 Å². The lowest BCUT2D eigenvalue weighted by atomic mass is 10.0. The molecule has 3 rings (SSSR count). The second-order valence-corrected chi connectivity index (χ2v) is 4.56. The third-order valence-corrected chi connectivity index (χ3v) is 3.24. The summed E-state index contributed by atoms with van der Waals surface area (Å²) in [5.41, 5.74) is 1.37. The number of ketones is 1. The van der Waals surface area contributed by atoms with Gasteiger partial charge >= 0.3 is 0 Å². The van der Waals surface area contributed by atoms with Gasteiger partial charge in [0.25, 0.3) is 5.69 Å². The summed E-state index contributed by atoms with van der Waals surface area (Å²) < 4.78 is 5.41. The van der Waals surface area contributed by atoms with Gasteiger partial charge in [-0.3, -0.25) is 14.9 Å². The normalized spacial score (nSPS) is 20.4. The summed E-state index contributed by atoms with van der Waals surface area (Å²) in [5, 5.41) is 10.6. The maximum atomic E-state index is 12.2. The highest BCUT2D eigenvalue weighted by Gasteiger charge is 2.46. The standard InChI is InChI=1S/C15H11NO4/c17-13(10-6-8-12(9-7-10)16(18)19)15-14(20-15)11-4-2-1-3-5-11/h1-9,14-15H/t14-,15+/m0/s1. The largest absolute Gasteiger partial charge is 0.356 e. The molecule has 1 aliphatic rings. The molecule has 0 amide bonds. The lowest BCUT2D eigenvalue weighted by Gasteiger charge is -1.98. The smallest absolute Gasteiger partial charge is 0.269 e. The van der Waals surface area contributed by atoms with E-state index in [1.807, 2.05) is 30.3 Å². The average molecular weight is 269 g/mol. The van der Waals surface area contributed by atoms with E-state index in [4.69, 9.17) is 4.74 Å². The van der Waals surface area contributed by atoms with Crippen molar-refractivity contribution in [3.63, 3.8) is 0 Å². The van der Waals surface area contributed by atoms with Crippen molar-refractivity contribution in [1.82, 2.24) is 0 Å². The number of hydrogen-bond donors (Lipinski definition) is 0. The van der Waals surface area contributed by atoms with Gasteiger partial charge in [0.1, 0.15) is 6.10 Å². The minimum absolute atomic E-state index is 0.0297. The van der Waals surface area contributed by atoms with E-state index in [2.05, 4.69) is 0 Å². The highest BCUT2D eigenvalue weighted by atomic mass is 16.6. The first-order chi connectivity index (χ1) is 9.66. The van der Waals surface area contributed by atoms with E-state index in [0.717, 1.165) is 5.56 Å². The van der Waals surface area contributed by atoms with Gasteiger partial charge in [-0.2, -0.15) is 0 Å². The minimum atomic E-state index is -0.491. The fraction of sp³-hybridized carbons (Fsp3) is 0.133. The number of Topliss-reactive ketones (excluding diaryl/α,β-unsaturated/α-hetero) is 1. The van der Waals surface area contributed by atoms with Crippen LogP contribution in [0.5, 0.6) is 0 Å². The maximum absolute atomic E-state index is 12.2. The fourth-order valence-corrected chi connectivity index (χ4v) is 2.12. The predicted molar refractivity (Wildman–Crippen MR) is 71.5 cm³/mol. The topological polar surface area (TPSA) is 72.7 Å². The van der Waals surface area contributed by atoms with Gasteiger partial charge in [-0.05, 0) is 17.7 Å². The second kappa shape index (κ2) is 4.86. The first-order valence-corrected chi connectivity index (χ1v) is 6.16. The molecule has 5 heteroatoms. The molecule has 0 aliphatic carbocycles. The molecule has 1 fully saturated rings. The molecule has 0 radical (unpaired) electrons. The molecule has 0 N–H and O–H groups in total. The summed E-state index contributed by atoms with van der Waals surface area (Å²) in [6.07, 6.45) is -0.697. The SMILES string of the molecule is O=C(c1ccc([N+](=O)[O-])cc1)[C@H]1O[C@H]1c1ccccc1. The van der Waals surface area contributed by atoms with Crippen molar-refractivity contribution in [2.45, 2.75) is 12.2 Å². The Morgan fingerprint density at radius 3 is 2.30 bits per heavy atom. The molecule has 0 bridgehead atoms. The number of epoxide rings is 1. The van der Waals surface area contributed by atoms with Crippen LogP contribution in [-0.4, -0.2) is 16.8 Å². The maximum Gasteiger partial charge on any atom is 0.269 e. The molecule has 1 aliphatic heterocycles. The summed E-state index contributed by atoms with van der Waals surface area (Å²) >= 11 is 0. The molecule has 0 saturated carbocycles. The van der Waals surface area contributed by atoms with Gasteiger partial charge in [-0.15, -0.1) is 0 Å². The summed E-state index contributed by atoms with van der Waals surface area (Å²) in [4.78, 5) is 22.2. The molecule has 2 atom stereocenters. The minimum Gasteiger partial charge on any atom is -0.356 e. The summed E-state index contributed by atoms with van der Waals surface area (Å²) in [6.45, 7) is 0. The van der Waals surface area contributed by atoms with Gasteiger partial charge in [0.05, 0.1) is 4.92 Å². The number of nitrogens with zero attached hydrogens (tertiary/aromatic N) is 1. The Bertz CT molecular complexity index is 651. The van der Waals surface area contributed by atoms with Crippen molar-refractivity contribution < 1.29 is 14.5 Å². The van der Waals surface area contributed by atoms with E-state index >= 15 is 0 Å². The Morgan fingerprint density at radius 1 is 1.05 bits per heavy atom. The zero-order valence-corrected chi connectivity index (χ0v) is 10.4. The molecule has 5 nitrogen and oxygen atoms in total. The molecular formula is C15H11NO4. The Kier molecular flexibility index (Phi) is 3.04. The van der Waals surface area contributed by atoms with E-state index in [0.29, 0.717) is 5.56 Å². The van der Waals surface area contributed by atoms with Crippen LogP contribution in [0.4, 0.5) is 5.69 Å². The van der Waals surface area contributed by atoms with Crippen LogP contribution in [-0.2, 0) is 4.74 Å². The molecule has 0 unspecified atom stereocenters. The van der Waals surface area contributed by atoms with Crippen LogP contribution in [0, 0.1) is 10.1 Å². The van der Waals surface area contributed by atoms with Crippen LogP contribution in [0.1, 0.15) is 22.0 Å². The molecular weight excluding hydrogens is 258 g/mol. The Morgan fingerprint density at radius 2 is 1.70 bits per heavy atom. The van der Waals surface area contributed by atoms with Crippen LogP contribution in [0.2, 0.25) is 0 Å². The number of carbonyl (C=O) groups is 1. The molecule has 0 spiro atoms. The lowest BCUT2D eigenvalue weighted by molar-refractivity contribution is -0.384. The third-order valence-electron chi connectivity index (χ3n) is 3.24. The van der Waals surface area contributed by atoms with Gasteiger partial charge in [0.2, 0.25) is 0 Å². The molecule has 20 heavy (non-hydrogen) atoms. The van der Waals surface area contributed by atoms with Gasteiger partial charge in [-0.1, -0.05) is 30.3 Å². The number of non-ortho nitro benzene ring substituents is 1. The number of hydrogen-bond acceptors (Lipinski definition) is 4. The number of benzene rings is 2. The number of nitro groups is 1. The van der Waals surface area contributed by atoms with Crippen LogP contribution in [0.3, 0.4) is 0 Å². The fourth-order valence-electron chi connectivity index (χ4n) is 2.12. The van der Waals surface area contributed by atoms with E-state index in [1.54, 1.807) is 0 Å². The molecule has 2 aromatic carbocycles. The first-order valence-electron chi connectivity index (χ1n) is 6.16. The van der Waals surface area contributed by atoms with Gasteiger partial charge in [-0.25, -0.2) is 0 Å². The van der Waals surface area contributed by atoms with Crippen molar-refractivity contribution in [1.29, 1.82) is 0 Å². The molecule has 1 heterocycles. The Balaban J connectivity index is 1.73. The molecule has 0 aromatic heterocycles.